The second-order valence-corrected chi connectivity index (χ2v) is 7.11. The highest BCUT2D eigenvalue weighted by Crippen LogP contribution is 2.33. The molecule has 0 bridgehead atoms. The first-order chi connectivity index (χ1) is 14.1. The highest BCUT2D eigenvalue weighted by atomic mass is 16.5. The number of nitrogens with one attached hydrogen (secondary N) is 1. The molecular weight excluding hydrogens is 366 g/mol. The number of aromatic amines is 1. The summed E-state index contributed by atoms with van der Waals surface area (Å²) in [6, 6.07) is 16.0. The van der Waals surface area contributed by atoms with Crippen LogP contribution >= 0.6 is 0 Å². The van der Waals surface area contributed by atoms with E-state index in [2.05, 4.69) is 9.97 Å². The van der Waals surface area contributed by atoms with E-state index in [-0.39, 0.29) is 5.91 Å². The molecule has 0 saturated carbocycles. The second kappa shape index (κ2) is 7.93. The minimum absolute atomic E-state index is 0.148. The Hall–Kier alpha value is -3.38. The van der Waals surface area contributed by atoms with Crippen molar-refractivity contribution < 1.29 is 14.3 Å². The van der Waals surface area contributed by atoms with Gasteiger partial charge in [-0.25, -0.2) is 4.98 Å². The van der Waals surface area contributed by atoms with Gasteiger partial charge in [0.1, 0.15) is 18.1 Å². The van der Waals surface area contributed by atoms with Crippen molar-refractivity contribution in [2.75, 3.05) is 21.2 Å². The molecule has 1 N–H and O–H groups in total. The third kappa shape index (κ3) is 3.67. The molecule has 0 atom stereocenters. The van der Waals surface area contributed by atoms with Crippen LogP contribution in [0.5, 0.6) is 5.75 Å². The predicted octanol–water partition coefficient (Wildman–Crippen LogP) is 4.14. The Morgan fingerprint density at radius 1 is 1.07 bits per heavy atom. The van der Waals surface area contributed by atoms with E-state index in [1.807, 2.05) is 48.5 Å². The van der Waals surface area contributed by atoms with E-state index < -0.39 is 0 Å². The van der Waals surface area contributed by atoms with Crippen molar-refractivity contribution in [2.45, 2.75) is 13.2 Å². The maximum absolute atomic E-state index is 12.6. The molecule has 6 heteroatoms. The largest absolute Gasteiger partial charge is 0.489 e. The van der Waals surface area contributed by atoms with E-state index in [1.165, 1.54) is 4.90 Å². The van der Waals surface area contributed by atoms with Gasteiger partial charge in [-0.2, -0.15) is 0 Å². The van der Waals surface area contributed by atoms with Crippen LogP contribution in [0.2, 0.25) is 0 Å². The molecule has 29 heavy (non-hydrogen) atoms. The van der Waals surface area contributed by atoms with Gasteiger partial charge in [0.25, 0.3) is 5.91 Å². The van der Waals surface area contributed by atoms with Crippen LogP contribution in [0.15, 0.2) is 54.7 Å². The molecule has 0 unspecified atom stereocenters. The number of benzene rings is 2. The molecule has 0 radical (unpaired) electrons. The van der Waals surface area contributed by atoms with E-state index in [9.17, 15) is 4.79 Å². The monoisotopic (exact) mass is 389 g/mol. The average Bonchev–Trinajstić information content (AvgIpc) is 3.11. The Kier molecular flexibility index (Phi) is 5.18. The van der Waals surface area contributed by atoms with Crippen LogP contribution in [-0.2, 0) is 18.0 Å². The topological polar surface area (TPSA) is 67.5 Å². The molecule has 0 aliphatic rings. The lowest BCUT2D eigenvalue weighted by Gasteiger charge is -2.14. The van der Waals surface area contributed by atoms with Gasteiger partial charge in [-0.1, -0.05) is 30.3 Å². The van der Waals surface area contributed by atoms with Crippen LogP contribution in [0, 0.1) is 0 Å². The number of methoxy groups -OCH3 is 1. The summed E-state index contributed by atoms with van der Waals surface area (Å²) in [7, 11) is 5.05. The summed E-state index contributed by atoms with van der Waals surface area (Å²) in [4.78, 5) is 21.9. The van der Waals surface area contributed by atoms with Crippen molar-refractivity contribution in [3.8, 4) is 5.75 Å². The van der Waals surface area contributed by atoms with Crippen LogP contribution in [0.4, 0.5) is 0 Å². The summed E-state index contributed by atoms with van der Waals surface area (Å²) in [5, 5.41) is 1.92. The lowest BCUT2D eigenvalue weighted by atomic mass is 10.0. The molecule has 6 nitrogen and oxygen atoms in total. The first-order valence-electron chi connectivity index (χ1n) is 9.39. The smallest absolute Gasteiger partial charge is 0.272 e. The zero-order chi connectivity index (χ0) is 20.4. The van der Waals surface area contributed by atoms with Crippen LogP contribution < -0.4 is 4.74 Å². The molecule has 4 aromatic rings. The molecule has 0 fully saturated rings. The Labute approximate surface area is 169 Å². The number of nitrogens with zero attached hydrogens (tertiary/aromatic N) is 2. The number of pyridine rings is 1. The second-order valence-electron chi connectivity index (χ2n) is 7.11. The molecule has 4 rings (SSSR count). The Morgan fingerprint density at radius 3 is 2.59 bits per heavy atom. The summed E-state index contributed by atoms with van der Waals surface area (Å²) < 4.78 is 11.4. The maximum Gasteiger partial charge on any atom is 0.272 e. The minimum atomic E-state index is -0.148. The zero-order valence-electron chi connectivity index (χ0n) is 16.7. The number of carbonyl (C=O) groups excluding carboxylic acids is 1. The number of ether oxygens (including phenoxy) is 2. The quantitative estimate of drug-likeness (QED) is 0.538. The van der Waals surface area contributed by atoms with E-state index in [0.29, 0.717) is 18.9 Å². The Balaban J connectivity index is 1.80. The number of hydrogen-bond acceptors (Lipinski definition) is 4. The summed E-state index contributed by atoms with van der Waals surface area (Å²) >= 11 is 0. The lowest BCUT2D eigenvalue weighted by Crippen LogP contribution is -2.24. The van der Waals surface area contributed by atoms with Gasteiger partial charge in [-0.3, -0.25) is 4.79 Å². The van der Waals surface area contributed by atoms with Gasteiger partial charge in [0.15, 0.2) is 0 Å². The number of H-pyrrole nitrogens is 1. The lowest BCUT2D eigenvalue weighted by molar-refractivity contribution is 0.0817. The molecule has 0 spiro atoms. The van der Waals surface area contributed by atoms with Crippen LogP contribution in [0.25, 0.3) is 21.8 Å². The van der Waals surface area contributed by atoms with Gasteiger partial charge in [0.05, 0.1) is 18.3 Å². The normalized spacial score (nSPS) is 11.1. The zero-order valence-corrected chi connectivity index (χ0v) is 16.7. The Bertz CT molecular complexity index is 1170. The molecule has 2 aromatic carbocycles. The van der Waals surface area contributed by atoms with Crippen LogP contribution in [0.1, 0.15) is 21.6 Å². The first-order valence-corrected chi connectivity index (χ1v) is 9.39. The summed E-state index contributed by atoms with van der Waals surface area (Å²) in [5.74, 6) is 0.618. The molecule has 2 heterocycles. The number of aromatic nitrogens is 2. The third-order valence-electron chi connectivity index (χ3n) is 4.86. The van der Waals surface area contributed by atoms with Crippen molar-refractivity contribution in [2.24, 2.45) is 0 Å². The fraction of sp³-hybridized carbons (Fsp3) is 0.217. The highest BCUT2D eigenvalue weighted by molar-refractivity contribution is 6.11. The molecule has 2 aromatic heterocycles. The third-order valence-corrected chi connectivity index (χ3v) is 4.86. The fourth-order valence-electron chi connectivity index (χ4n) is 3.45. The number of carbonyl (C=O) groups is 1. The predicted molar refractivity (Wildman–Crippen MR) is 113 cm³/mol. The molecule has 1 amide bonds. The number of fused-ring (bicyclic) bond motifs is 3. The average molecular weight is 389 g/mol. The molecular formula is C23H23N3O3. The van der Waals surface area contributed by atoms with Crippen molar-refractivity contribution in [1.82, 2.24) is 14.9 Å². The maximum atomic E-state index is 12.6. The minimum Gasteiger partial charge on any atom is -0.489 e. The van der Waals surface area contributed by atoms with Gasteiger partial charge < -0.3 is 19.4 Å². The van der Waals surface area contributed by atoms with E-state index >= 15 is 0 Å². The molecule has 0 aliphatic carbocycles. The summed E-state index contributed by atoms with van der Waals surface area (Å²) in [5.41, 5.74) is 4.11. The first kappa shape index (κ1) is 19.0. The van der Waals surface area contributed by atoms with Gasteiger partial charge in [-0.05, 0) is 23.8 Å². The number of hydrogen-bond donors (Lipinski definition) is 1. The summed E-state index contributed by atoms with van der Waals surface area (Å²) in [6.45, 7) is 0.785. The van der Waals surface area contributed by atoms with Crippen LogP contribution in [0.3, 0.4) is 0 Å². The van der Waals surface area contributed by atoms with Crippen LogP contribution in [-0.4, -0.2) is 42.0 Å². The van der Waals surface area contributed by atoms with E-state index in [0.717, 1.165) is 38.7 Å². The highest BCUT2D eigenvalue weighted by Gasteiger charge is 2.20. The van der Waals surface area contributed by atoms with Gasteiger partial charge >= 0.3 is 0 Å². The molecule has 148 valence electrons. The van der Waals surface area contributed by atoms with E-state index in [1.54, 1.807) is 27.4 Å². The van der Waals surface area contributed by atoms with Gasteiger partial charge in [-0.15, -0.1) is 0 Å². The van der Waals surface area contributed by atoms with Gasteiger partial charge in [0, 0.05) is 43.1 Å². The van der Waals surface area contributed by atoms with E-state index in [4.69, 9.17) is 9.47 Å². The number of rotatable bonds is 6. The van der Waals surface area contributed by atoms with Crippen molar-refractivity contribution in [3.63, 3.8) is 0 Å². The molecule has 0 saturated heterocycles. The van der Waals surface area contributed by atoms with Gasteiger partial charge in [0.2, 0.25) is 0 Å². The van der Waals surface area contributed by atoms with Crippen molar-refractivity contribution in [1.29, 1.82) is 0 Å². The Morgan fingerprint density at radius 2 is 1.86 bits per heavy atom. The number of amides is 1. The standard InChI is InChI=1S/C23H23N3O3/c1-26(2)23(27)22-18(14-28-3)21-17-11-16(29-13-15-7-5-4-6-8-15)9-10-19(17)25-20(21)12-24-22/h4-12,25H,13-14H2,1-3H3. The summed E-state index contributed by atoms with van der Waals surface area (Å²) in [6.07, 6.45) is 1.70. The van der Waals surface area contributed by atoms with Crippen molar-refractivity contribution in [3.05, 3.63) is 71.5 Å². The van der Waals surface area contributed by atoms with Crippen molar-refractivity contribution >= 4 is 27.7 Å². The fourth-order valence-corrected chi connectivity index (χ4v) is 3.45. The SMILES string of the molecule is COCc1c(C(=O)N(C)C)ncc2[nH]c3ccc(OCc4ccccc4)cc3c12. The molecule has 0 aliphatic heterocycles.